The summed E-state index contributed by atoms with van der Waals surface area (Å²) in [5.74, 6) is -0.448. The second kappa shape index (κ2) is 4.28. The van der Waals surface area contributed by atoms with Gasteiger partial charge in [-0.05, 0) is 18.2 Å². The molecule has 0 bridgehead atoms. The summed E-state index contributed by atoms with van der Waals surface area (Å²) in [5.41, 5.74) is 0.953. The van der Waals surface area contributed by atoms with Crippen LogP contribution in [0.4, 0.5) is 0 Å². The van der Waals surface area contributed by atoms with Crippen LogP contribution in [-0.4, -0.2) is 18.1 Å². The van der Waals surface area contributed by atoms with Crippen molar-refractivity contribution in [2.24, 2.45) is 0 Å². The van der Waals surface area contributed by atoms with E-state index >= 15 is 0 Å². The van der Waals surface area contributed by atoms with Crippen molar-refractivity contribution in [2.45, 2.75) is 0 Å². The van der Waals surface area contributed by atoms with Crippen molar-refractivity contribution >= 4 is 40.1 Å². The van der Waals surface area contributed by atoms with Gasteiger partial charge < -0.3 is 4.74 Å². The fourth-order valence-corrected chi connectivity index (χ4v) is 2.07. The predicted octanol–water partition coefficient (Wildman–Crippen LogP) is 3.33. The molecule has 5 heteroatoms. The quantitative estimate of drug-likeness (QED) is 0.734. The highest BCUT2D eigenvalue weighted by Crippen LogP contribution is 2.29. The van der Waals surface area contributed by atoms with Crippen molar-refractivity contribution in [1.29, 1.82) is 0 Å². The van der Waals surface area contributed by atoms with Crippen molar-refractivity contribution in [1.82, 2.24) is 4.98 Å². The molecule has 0 saturated heterocycles. The van der Waals surface area contributed by atoms with Crippen LogP contribution < -0.4 is 0 Å². The zero-order valence-corrected chi connectivity index (χ0v) is 9.84. The molecule has 0 aliphatic carbocycles. The maximum atomic E-state index is 11.5. The molecule has 82 valence electrons. The van der Waals surface area contributed by atoms with E-state index in [-0.39, 0.29) is 0 Å². The molecule has 0 atom stereocenters. The number of rotatable bonds is 1. The van der Waals surface area contributed by atoms with E-state index < -0.39 is 5.97 Å². The molecule has 1 aromatic heterocycles. The fourth-order valence-electron chi connectivity index (χ4n) is 1.48. The Morgan fingerprint density at radius 3 is 2.81 bits per heavy atom. The van der Waals surface area contributed by atoms with Crippen LogP contribution in [0.15, 0.2) is 24.4 Å². The molecule has 0 unspecified atom stereocenters. The van der Waals surface area contributed by atoms with Gasteiger partial charge in [-0.2, -0.15) is 0 Å². The molecular weight excluding hydrogens is 249 g/mol. The second-order valence-corrected chi connectivity index (χ2v) is 3.98. The number of pyridine rings is 1. The van der Waals surface area contributed by atoms with E-state index in [0.717, 1.165) is 0 Å². The Kier molecular flexibility index (Phi) is 2.99. The lowest BCUT2D eigenvalue weighted by atomic mass is 10.1. The first-order valence-corrected chi connectivity index (χ1v) is 5.21. The zero-order chi connectivity index (χ0) is 11.7. The monoisotopic (exact) mass is 255 g/mol. The van der Waals surface area contributed by atoms with Crippen LogP contribution in [0, 0.1) is 0 Å². The minimum atomic E-state index is -0.448. The SMILES string of the molecule is COC(=O)c1ccnc2cc(Cl)cc(Cl)c12. The molecular formula is C11H7Cl2NO2. The lowest BCUT2D eigenvalue weighted by molar-refractivity contribution is 0.0603. The lowest BCUT2D eigenvalue weighted by Gasteiger charge is -2.06. The van der Waals surface area contributed by atoms with Gasteiger partial charge in [0.25, 0.3) is 0 Å². The van der Waals surface area contributed by atoms with E-state index in [1.807, 2.05) is 0 Å². The van der Waals surface area contributed by atoms with Crippen molar-refractivity contribution in [3.05, 3.63) is 40.0 Å². The third kappa shape index (κ3) is 1.84. The van der Waals surface area contributed by atoms with Gasteiger partial charge in [0.1, 0.15) is 0 Å². The summed E-state index contributed by atoms with van der Waals surface area (Å²) in [5, 5.41) is 1.42. The van der Waals surface area contributed by atoms with Gasteiger partial charge in [-0.1, -0.05) is 23.2 Å². The van der Waals surface area contributed by atoms with Crippen molar-refractivity contribution < 1.29 is 9.53 Å². The number of benzene rings is 1. The number of methoxy groups -OCH3 is 1. The van der Waals surface area contributed by atoms with Crippen molar-refractivity contribution in [2.75, 3.05) is 7.11 Å². The Labute approximate surface area is 102 Å². The van der Waals surface area contributed by atoms with Crippen LogP contribution in [0.1, 0.15) is 10.4 Å². The Morgan fingerprint density at radius 1 is 1.38 bits per heavy atom. The van der Waals surface area contributed by atoms with Gasteiger partial charge in [0.2, 0.25) is 0 Å². The zero-order valence-electron chi connectivity index (χ0n) is 8.33. The molecule has 2 rings (SSSR count). The van der Waals surface area contributed by atoms with Gasteiger partial charge in [0.05, 0.1) is 23.2 Å². The molecule has 1 aromatic carbocycles. The molecule has 0 aliphatic rings. The molecule has 0 N–H and O–H groups in total. The number of esters is 1. The summed E-state index contributed by atoms with van der Waals surface area (Å²) in [6.45, 7) is 0. The number of ether oxygens (including phenoxy) is 1. The summed E-state index contributed by atoms with van der Waals surface area (Å²) in [7, 11) is 1.32. The maximum absolute atomic E-state index is 11.5. The Hall–Kier alpha value is -1.32. The maximum Gasteiger partial charge on any atom is 0.338 e. The molecule has 0 spiro atoms. The third-order valence-electron chi connectivity index (χ3n) is 2.16. The Bertz CT molecular complexity index is 569. The van der Waals surface area contributed by atoms with Gasteiger partial charge >= 0.3 is 5.97 Å². The number of aromatic nitrogens is 1. The molecule has 3 nitrogen and oxygen atoms in total. The standard InChI is InChI=1S/C11H7Cl2NO2/c1-16-11(15)7-2-3-14-9-5-6(12)4-8(13)10(7)9/h2-5H,1H3. The number of halogens is 2. The van der Waals surface area contributed by atoms with Crippen LogP contribution in [-0.2, 0) is 4.74 Å². The molecule has 16 heavy (non-hydrogen) atoms. The van der Waals surface area contributed by atoms with Gasteiger partial charge in [-0.15, -0.1) is 0 Å². The first-order valence-electron chi connectivity index (χ1n) is 4.45. The minimum absolute atomic E-state index is 0.383. The topological polar surface area (TPSA) is 39.2 Å². The number of hydrogen-bond donors (Lipinski definition) is 0. The summed E-state index contributed by atoms with van der Waals surface area (Å²) in [4.78, 5) is 15.6. The van der Waals surface area contributed by atoms with E-state index in [2.05, 4.69) is 9.72 Å². The van der Waals surface area contributed by atoms with Crippen LogP contribution in [0.25, 0.3) is 10.9 Å². The first kappa shape index (κ1) is 11.2. The van der Waals surface area contributed by atoms with Crippen LogP contribution in [0.3, 0.4) is 0 Å². The van der Waals surface area contributed by atoms with Gasteiger partial charge in [0, 0.05) is 16.6 Å². The summed E-state index contributed by atoms with van der Waals surface area (Å²) < 4.78 is 4.67. The summed E-state index contributed by atoms with van der Waals surface area (Å²) in [6.07, 6.45) is 1.52. The molecule has 0 saturated carbocycles. The Morgan fingerprint density at radius 2 is 2.12 bits per heavy atom. The molecule has 0 fully saturated rings. The molecule has 1 heterocycles. The highest BCUT2D eigenvalue weighted by Gasteiger charge is 2.14. The highest BCUT2D eigenvalue weighted by molar-refractivity contribution is 6.39. The minimum Gasteiger partial charge on any atom is -0.465 e. The largest absolute Gasteiger partial charge is 0.465 e. The highest BCUT2D eigenvalue weighted by atomic mass is 35.5. The van der Waals surface area contributed by atoms with E-state index in [9.17, 15) is 4.79 Å². The van der Waals surface area contributed by atoms with Crippen LogP contribution in [0.2, 0.25) is 10.0 Å². The van der Waals surface area contributed by atoms with E-state index in [0.29, 0.717) is 26.5 Å². The third-order valence-corrected chi connectivity index (χ3v) is 2.68. The average molecular weight is 256 g/mol. The number of fused-ring (bicyclic) bond motifs is 1. The second-order valence-electron chi connectivity index (χ2n) is 3.13. The number of hydrogen-bond acceptors (Lipinski definition) is 3. The summed E-state index contributed by atoms with van der Waals surface area (Å²) in [6, 6.07) is 4.78. The molecule has 0 aliphatic heterocycles. The van der Waals surface area contributed by atoms with Crippen molar-refractivity contribution in [3.63, 3.8) is 0 Å². The summed E-state index contributed by atoms with van der Waals surface area (Å²) >= 11 is 11.9. The first-order chi connectivity index (χ1) is 7.63. The van der Waals surface area contributed by atoms with Crippen LogP contribution >= 0.6 is 23.2 Å². The number of carbonyl (C=O) groups excluding carboxylic acids is 1. The van der Waals surface area contributed by atoms with Gasteiger partial charge in [-0.3, -0.25) is 4.98 Å². The van der Waals surface area contributed by atoms with Crippen molar-refractivity contribution in [3.8, 4) is 0 Å². The lowest BCUT2D eigenvalue weighted by Crippen LogP contribution is -2.02. The predicted molar refractivity (Wildman–Crippen MR) is 63.1 cm³/mol. The Balaban J connectivity index is 2.81. The van der Waals surface area contributed by atoms with Crippen LogP contribution in [0.5, 0.6) is 0 Å². The smallest absolute Gasteiger partial charge is 0.338 e. The molecule has 2 aromatic rings. The number of carbonyl (C=O) groups is 1. The average Bonchev–Trinajstić information content (AvgIpc) is 2.26. The van der Waals surface area contributed by atoms with Gasteiger partial charge in [0.15, 0.2) is 0 Å². The van der Waals surface area contributed by atoms with Gasteiger partial charge in [-0.25, -0.2) is 4.79 Å². The van der Waals surface area contributed by atoms with E-state index in [1.54, 1.807) is 18.2 Å². The molecule has 0 radical (unpaired) electrons. The van der Waals surface area contributed by atoms with E-state index in [4.69, 9.17) is 23.2 Å². The fraction of sp³-hybridized carbons (Fsp3) is 0.0909. The number of nitrogens with zero attached hydrogens (tertiary/aromatic N) is 1. The van der Waals surface area contributed by atoms with E-state index in [1.165, 1.54) is 13.3 Å². The molecule has 0 amide bonds. The normalized spacial score (nSPS) is 10.4.